The summed E-state index contributed by atoms with van der Waals surface area (Å²) in [5, 5.41) is 0.00679. The van der Waals surface area contributed by atoms with Gasteiger partial charge in [-0.1, -0.05) is 87.2 Å². The monoisotopic (exact) mass is 950 g/mol. The molecule has 0 N–H and O–H groups in total. The Hall–Kier alpha value is -5.94. The van der Waals surface area contributed by atoms with Crippen LogP contribution in [0.4, 0.5) is 65.9 Å². The third-order valence-electron chi connectivity index (χ3n) is 11.7. The minimum Gasteiger partial charge on any atom is -0.207 e. The Labute approximate surface area is 370 Å². The zero-order valence-corrected chi connectivity index (χ0v) is 36.3. The number of hydrogen-bond donors (Lipinski definition) is 0. The lowest BCUT2D eigenvalue weighted by Gasteiger charge is -2.47. The summed E-state index contributed by atoms with van der Waals surface area (Å²) in [6, 6.07) is 18.6. The Morgan fingerprint density at radius 1 is 0.409 bits per heavy atom. The second kappa shape index (κ2) is 19.1. The molecule has 6 rings (SSSR count). The minimum absolute atomic E-state index is 0.119. The summed E-state index contributed by atoms with van der Waals surface area (Å²) in [6.07, 6.45) is -7.71. The van der Waals surface area contributed by atoms with Gasteiger partial charge in [0.2, 0.25) is 0 Å². The fourth-order valence-electron chi connectivity index (χ4n) is 8.99. The van der Waals surface area contributed by atoms with Gasteiger partial charge >= 0.3 is 0 Å². The van der Waals surface area contributed by atoms with E-state index in [-0.39, 0.29) is 28.8 Å². The Morgan fingerprint density at radius 2 is 0.682 bits per heavy atom. The molecule has 0 saturated carbocycles. The Kier molecular flexibility index (Phi) is 14.3. The molecule has 0 aromatic heterocycles. The minimum atomic E-state index is -6.16. The van der Waals surface area contributed by atoms with E-state index in [1.165, 1.54) is 43.3 Å². The first-order chi connectivity index (χ1) is 31.2. The smallest absolute Gasteiger partial charge is 0.200 e. The zero-order valence-electron chi connectivity index (χ0n) is 35.5. The van der Waals surface area contributed by atoms with Gasteiger partial charge in [-0.2, -0.15) is 5.47 Å². The second-order valence-electron chi connectivity index (χ2n) is 15.5. The van der Waals surface area contributed by atoms with Gasteiger partial charge in [0.25, 0.3) is 0 Å². The fraction of sp³-hybridized carbons (Fsp3) is 0.184. The van der Waals surface area contributed by atoms with Crippen LogP contribution in [-0.2, 0) is 0 Å². The summed E-state index contributed by atoms with van der Waals surface area (Å²) < 4.78 is 244. The maximum atomic E-state index is 17.2. The maximum absolute atomic E-state index is 17.2. The molecule has 0 aliphatic rings. The van der Waals surface area contributed by atoms with Crippen LogP contribution in [0.1, 0.15) is 56.2 Å². The van der Waals surface area contributed by atoms with Crippen molar-refractivity contribution in [1.82, 2.24) is 0 Å². The van der Waals surface area contributed by atoms with Crippen LogP contribution in [0.2, 0.25) is 0 Å². The average Bonchev–Trinajstić information content (AvgIpc) is 3.30. The third kappa shape index (κ3) is 7.47. The van der Waals surface area contributed by atoms with Crippen LogP contribution in [0.15, 0.2) is 83.6 Å². The van der Waals surface area contributed by atoms with Gasteiger partial charge in [-0.25, -0.2) is 65.9 Å². The van der Waals surface area contributed by atoms with Gasteiger partial charge < -0.3 is 0 Å². The first-order valence-corrected chi connectivity index (χ1v) is 22.0. The molecule has 0 spiro atoms. The van der Waals surface area contributed by atoms with Crippen molar-refractivity contribution in [2.24, 2.45) is 0 Å². The number of halogens is 15. The summed E-state index contributed by atoms with van der Waals surface area (Å²) >= 11 is 0. The van der Waals surface area contributed by atoms with Gasteiger partial charge in [0.1, 0.15) is 69.5 Å². The summed E-state index contributed by atoms with van der Waals surface area (Å²) in [7, 11) is -4.35. The molecule has 0 atom stereocenters. The highest BCUT2D eigenvalue weighted by atomic mass is 31.2. The van der Waals surface area contributed by atoms with Crippen molar-refractivity contribution < 1.29 is 65.9 Å². The molecule has 0 unspecified atom stereocenters. The van der Waals surface area contributed by atoms with Crippen molar-refractivity contribution in [3.63, 3.8) is 0 Å². The first-order valence-electron chi connectivity index (χ1n) is 20.2. The lowest BCUT2D eigenvalue weighted by Crippen LogP contribution is -2.75. The summed E-state index contributed by atoms with van der Waals surface area (Å²) in [6.45, 7) is 7.60. The van der Waals surface area contributed by atoms with Crippen LogP contribution >= 0.6 is 7.26 Å². The van der Waals surface area contributed by atoms with Gasteiger partial charge in [-0.3, -0.25) is 0 Å². The van der Waals surface area contributed by atoms with Crippen LogP contribution < -0.4 is 32.3 Å². The predicted octanol–water partition coefficient (Wildman–Crippen LogP) is 11.6. The summed E-state index contributed by atoms with van der Waals surface area (Å²) in [5.41, 5.74) is -8.24. The highest BCUT2D eigenvalue weighted by molar-refractivity contribution is 7.99. The van der Waals surface area contributed by atoms with Crippen molar-refractivity contribution in [2.45, 2.75) is 60.3 Å². The Balaban J connectivity index is 2.27. The standard InChI is InChI=1S/C49H35BF15P/c1-6-8-9-23-31(66(28-20-13-10-17-24(28)3,29-21-14-11-18-25(29)4)30-22-15-12-19-26(30)5)27(16-7-2)50(32-35(51)41(57)47(63)42(58)36(32)52,33-37(53)43(59)48(64)44(60)38(33)54)34-39(55)45(61)49(65)46(62)40(34)56/h10-15,17-22H,6-8,16H2,1-5H3/b31-27+. The van der Waals surface area contributed by atoms with E-state index in [9.17, 15) is 0 Å². The fourth-order valence-corrected chi connectivity index (χ4v) is 14.2. The lowest BCUT2D eigenvalue weighted by molar-refractivity contribution is 0.379. The van der Waals surface area contributed by atoms with E-state index in [1.807, 2.05) is 0 Å². The number of allylic oxidation sites excluding steroid dienone is 2. The largest absolute Gasteiger partial charge is 0.207 e. The van der Waals surface area contributed by atoms with E-state index in [4.69, 9.17) is 0 Å². The molecule has 0 radical (unpaired) electrons. The van der Waals surface area contributed by atoms with Gasteiger partial charge in [0.15, 0.2) is 52.4 Å². The predicted molar refractivity (Wildman–Crippen MR) is 227 cm³/mol. The molecule has 0 amide bonds. The Bertz CT molecular complexity index is 2660. The van der Waals surface area contributed by atoms with Crippen LogP contribution in [0.5, 0.6) is 0 Å². The van der Waals surface area contributed by atoms with Crippen LogP contribution in [0.3, 0.4) is 0 Å². The maximum Gasteiger partial charge on any atom is 0.200 e. The summed E-state index contributed by atoms with van der Waals surface area (Å²) in [5.74, 6) is -40.1. The molecule has 0 saturated heterocycles. The highest BCUT2D eigenvalue weighted by Crippen LogP contribution is 2.66. The Morgan fingerprint density at radius 3 is 0.939 bits per heavy atom. The average molecular weight is 951 g/mol. The topological polar surface area (TPSA) is 0 Å². The number of aryl methyl sites for hydroxylation is 3. The molecule has 0 aliphatic carbocycles. The van der Waals surface area contributed by atoms with Crippen LogP contribution in [0.25, 0.3) is 0 Å². The molecule has 0 nitrogen and oxygen atoms in total. The first kappa shape index (κ1) is 49.5. The van der Waals surface area contributed by atoms with Crippen molar-refractivity contribution >= 4 is 45.7 Å². The van der Waals surface area contributed by atoms with Crippen LogP contribution in [-0.4, -0.2) is 6.15 Å². The van der Waals surface area contributed by atoms with Gasteiger partial charge in [-0.05, 0) is 68.0 Å². The summed E-state index contributed by atoms with van der Waals surface area (Å²) in [4.78, 5) is 0. The van der Waals surface area contributed by atoms with Gasteiger partial charge in [0.05, 0.1) is 0 Å². The van der Waals surface area contributed by atoms with E-state index in [0.717, 1.165) is 0 Å². The van der Waals surface area contributed by atoms with E-state index >= 15 is 65.9 Å². The molecule has 0 aliphatic heterocycles. The second-order valence-corrected chi connectivity index (χ2v) is 18.8. The van der Waals surface area contributed by atoms with Gasteiger partial charge in [-0.15, -0.1) is 16.4 Å². The molecule has 0 heterocycles. The van der Waals surface area contributed by atoms with Crippen molar-refractivity contribution in [3.8, 4) is 11.8 Å². The molecule has 6 aromatic rings. The quantitative estimate of drug-likeness (QED) is 0.0303. The van der Waals surface area contributed by atoms with E-state index in [0.29, 0.717) is 16.7 Å². The molecule has 66 heavy (non-hydrogen) atoms. The molecule has 17 heteroatoms. The van der Waals surface area contributed by atoms with E-state index in [2.05, 4.69) is 11.8 Å². The number of unbranched alkanes of at least 4 members (excludes halogenated alkanes) is 1. The SMILES string of the molecule is CCCC#C/C(=C(/CCC)[B-](c1c(F)c(F)c(F)c(F)c1F)(c1c(F)c(F)c(F)c(F)c1F)c1c(F)c(F)c(F)c(F)c1F)[P+](c1ccccc1C)(c1ccccc1C)c1ccccc1C. The zero-order chi connectivity index (χ0) is 48.7. The molecule has 344 valence electrons. The van der Waals surface area contributed by atoms with Gasteiger partial charge in [0, 0.05) is 6.42 Å². The third-order valence-corrected chi connectivity index (χ3v) is 16.5. The normalized spacial score (nSPS) is 12.3. The molecular weight excluding hydrogens is 915 g/mol. The number of rotatable bonds is 11. The van der Waals surface area contributed by atoms with E-state index in [1.54, 1.807) is 64.1 Å². The number of hydrogen-bond acceptors (Lipinski definition) is 0. The molecule has 0 bridgehead atoms. The molecular formula is C49H35BF15P. The molecule has 6 aromatic carbocycles. The van der Waals surface area contributed by atoms with Crippen LogP contribution in [0, 0.1) is 120 Å². The van der Waals surface area contributed by atoms with Crippen molar-refractivity contribution in [2.75, 3.05) is 0 Å². The van der Waals surface area contributed by atoms with E-state index < -0.39 is 141 Å². The molecule has 0 fully saturated rings. The highest BCUT2D eigenvalue weighted by Gasteiger charge is 2.57. The number of benzene rings is 6. The lowest BCUT2D eigenvalue weighted by atomic mass is 9.11. The van der Waals surface area contributed by atoms with Crippen molar-refractivity contribution in [1.29, 1.82) is 0 Å². The van der Waals surface area contributed by atoms with Crippen molar-refractivity contribution in [3.05, 3.63) is 188 Å².